The topological polar surface area (TPSA) is 106 Å². The summed E-state index contributed by atoms with van der Waals surface area (Å²) in [7, 11) is -6.95. The molecule has 0 fully saturated rings. The highest BCUT2D eigenvalue weighted by molar-refractivity contribution is 9.10. The Morgan fingerprint density at radius 1 is 1.26 bits per heavy atom. The molecule has 0 amide bonds. The number of hydrogen-bond donors (Lipinski definition) is 2. The highest BCUT2D eigenvalue weighted by Gasteiger charge is 2.18. The first-order chi connectivity index (χ1) is 8.68. The van der Waals surface area contributed by atoms with Crippen molar-refractivity contribution < 1.29 is 16.8 Å². The molecule has 0 radical (unpaired) electrons. The number of hydrogen-bond acceptors (Lipinski definition) is 5. The van der Waals surface area contributed by atoms with Gasteiger partial charge < -0.3 is 5.73 Å². The normalized spacial score (nSPS) is 12.5. The van der Waals surface area contributed by atoms with E-state index in [2.05, 4.69) is 20.7 Å². The molecule has 9 heteroatoms. The Labute approximate surface area is 121 Å². The zero-order chi connectivity index (χ0) is 14.7. The number of anilines is 1. The van der Waals surface area contributed by atoms with Gasteiger partial charge in [-0.25, -0.2) is 21.6 Å². The summed E-state index contributed by atoms with van der Waals surface area (Å²) >= 11 is 3.11. The number of sulfonamides is 1. The average Bonchev–Trinajstić information content (AvgIpc) is 2.27. The molecule has 1 aromatic rings. The molecule has 0 heterocycles. The van der Waals surface area contributed by atoms with Crippen LogP contribution >= 0.6 is 15.9 Å². The molecule has 6 nitrogen and oxygen atoms in total. The van der Waals surface area contributed by atoms with Crippen LogP contribution in [0.1, 0.15) is 6.92 Å². The van der Waals surface area contributed by atoms with Gasteiger partial charge in [0.1, 0.15) is 0 Å². The third kappa shape index (κ3) is 4.75. The predicted octanol–water partition coefficient (Wildman–Crippen LogP) is 0.744. The quantitative estimate of drug-likeness (QED) is 0.718. The molecule has 0 unspecified atom stereocenters. The number of halogens is 1. The molecule has 0 spiro atoms. The van der Waals surface area contributed by atoms with Gasteiger partial charge in [-0.2, -0.15) is 0 Å². The summed E-state index contributed by atoms with van der Waals surface area (Å²) in [6.07, 6.45) is 0. The lowest BCUT2D eigenvalue weighted by atomic mass is 10.3. The molecule has 0 aliphatic heterocycles. The van der Waals surface area contributed by atoms with Crippen LogP contribution < -0.4 is 10.5 Å². The SMILES string of the molecule is CCS(=O)(=O)CCNS(=O)(=O)c1ccc(N)cc1Br. The first kappa shape index (κ1) is 16.4. The summed E-state index contributed by atoms with van der Waals surface area (Å²) in [5.74, 6) is -0.240. The van der Waals surface area contributed by atoms with Gasteiger partial charge in [0.15, 0.2) is 9.84 Å². The molecule has 0 aliphatic rings. The van der Waals surface area contributed by atoms with Crippen LogP contribution in [0.4, 0.5) is 5.69 Å². The molecule has 0 bridgehead atoms. The molecule has 0 aliphatic carbocycles. The molecule has 0 aromatic heterocycles. The van der Waals surface area contributed by atoms with Crippen LogP contribution in [0.3, 0.4) is 0 Å². The summed E-state index contributed by atoms with van der Waals surface area (Å²) in [6, 6.07) is 4.29. The van der Waals surface area contributed by atoms with Crippen LogP contribution in [-0.2, 0) is 19.9 Å². The summed E-state index contributed by atoms with van der Waals surface area (Å²) in [5.41, 5.74) is 5.95. The maximum atomic E-state index is 12.0. The highest BCUT2D eigenvalue weighted by Crippen LogP contribution is 2.23. The van der Waals surface area contributed by atoms with Crippen LogP contribution in [0, 0.1) is 0 Å². The third-order valence-electron chi connectivity index (χ3n) is 2.39. The molecule has 1 aromatic carbocycles. The number of sulfone groups is 1. The van der Waals surface area contributed by atoms with E-state index in [4.69, 9.17) is 5.73 Å². The largest absolute Gasteiger partial charge is 0.399 e. The van der Waals surface area contributed by atoms with Gasteiger partial charge in [0.05, 0.1) is 10.6 Å². The molecule has 1 rings (SSSR count). The van der Waals surface area contributed by atoms with E-state index in [1.54, 1.807) is 0 Å². The maximum absolute atomic E-state index is 12.0. The molecule has 19 heavy (non-hydrogen) atoms. The Morgan fingerprint density at radius 2 is 1.89 bits per heavy atom. The van der Waals surface area contributed by atoms with Crippen molar-refractivity contribution in [1.82, 2.24) is 4.72 Å². The van der Waals surface area contributed by atoms with Gasteiger partial charge in [0.2, 0.25) is 10.0 Å². The Hall–Kier alpha value is -0.640. The Kier molecular flexibility index (Phi) is 5.36. The van der Waals surface area contributed by atoms with Gasteiger partial charge in [0.25, 0.3) is 0 Å². The first-order valence-corrected chi connectivity index (χ1v) is 9.53. The van der Waals surface area contributed by atoms with Crippen LogP contribution in [0.25, 0.3) is 0 Å². The molecule has 3 N–H and O–H groups in total. The van der Waals surface area contributed by atoms with Gasteiger partial charge >= 0.3 is 0 Å². The fourth-order valence-corrected chi connectivity index (χ4v) is 4.24. The zero-order valence-electron chi connectivity index (χ0n) is 10.3. The van der Waals surface area contributed by atoms with Crippen LogP contribution in [-0.4, -0.2) is 34.9 Å². The van der Waals surface area contributed by atoms with Crippen molar-refractivity contribution in [2.24, 2.45) is 0 Å². The lowest BCUT2D eigenvalue weighted by molar-refractivity contribution is 0.581. The Balaban J connectivity index is 2.82. The first-order valence-electron chi connectivity index (χ1n) is 5.43. The number of nitrogen functional groups attached to an aromatic ring is 1. The van der Waals surface area contributed by atoms with Gasteiger partial charge in [-0.15, -0.1) is 0 Å². The second kappa shape index (κ2) is 6.21. The van der Waals surface area contributed by atoms with Crippen LogP contribution in [0.5, 0.6) is 0 Å². The van der Waals surface area contributed by atoms with E-state index in [0.29, 0.717) is 10.2 Å². The molecule has 0 atom stereocenters. The zero-order valence-corrected chi connectivity index (χ0v) is 13.5. The van der Waals surface area contributed by atoms with E-state index in [9.17, 15) is 16.8 Å². The Bertz CT molecular complexity index is 656. The van der Waals surface area contributed by atoms with Crippen molar-refractivity contribution in [2.45, 2.75) is 11.8 Å². The minimum atomic E-state index is -3.76. The van der Waals surface area contributed by atoms with Crippen molar-refractivity contribution in [3.05, 3.63) is 22.7 Å². The monoisotopic (exact) mass is 370 g/mol. The average molecular weight is 371 g/mol. The molecular formula is C10H15BrN2O4S2. The van der Waals surface area contributed by atoms with Gasteiger partial charge in [0, 0.05) is 22.5 Å². The fourth-order valence-electron chi connectivity index (χ4n) is 1.29. The standard InChI is InChI=1S/C10H15BrN2O4S2/c1-2-18(14,15)6-5-13-19(16,17)10-4-3-8(12)7-9(10)11/h3-4,7,13H,2,5-6,12H2,1H3. The number of rotatable bonds is 6. The molecular weight excluding hydrogens is 356 g/mol. The van der Waals surface area contributed by atoms with Gasteiger partial charge in [-0.3, -0.25) is 0 Å². The number of nitrogens with two attached hydrogens (primary N) is 1. The second-order valence-electron chi connectivity index (χ2n) is 3.82. The summed E-state index contributed by atoms with van der Waals surface area (Å²) < 4.78 is 49.0. The Morgan fingerprint density at radius 3 is 2.42 bits per heavy atom. The van der Waals surface area contributed by atoms with E-state index in [-0.39, 0.29) is 22.9 Å². The highest BCUT2D eigenvalue weighted by atomic mass is 79.9. The minimum absolute atomic E-state index is 0.0136. The molecule has 108 valence electrons. The van der Waals surface area contributed by atoms with E-state index >= 15 is 0 Å². The summed E-state index contributed by atoms with van der Waals surface area (Å²) in [4.78, 5) is 0.0237. The number of nitrogens with one attached hydrogen (secondary N) is 1. The van der Waals surface area contributed by atoms with E-state index in [0.717, 1.165) is 0 Å². The van der Waals surface area contributed by atoms with Crippen molar-refractivity contribution in [3.63, 3.8) is 0 Å². The van der Waals surface area contributed by atoms with Gasteiger partial charge in [-0.1, -0.05) is 6.92 Å². The van der Waals surface area contributed by atoms with Crippen LogP contribution in [0.2, 0.25) is 0 Å². The van der Waals surface area contributed by atoms with Crippen molar-refractivity contribution in [2.75, 3.05) is 23.8 Å². The lowest BCUT2D eigenvalue weighted by Gasteiger charge is -2.09. The molecule has 0 saturated carbocycles. The maximum Gasteiger partial charge on any atom is 0.241 e. The minimum Gasteiger partial charge on any atom is -0.399 e. The van der Waals surface area contributed by atoms with Crippen molar-refractivity contribution in [1.29, 1.82) is 0 Å². The molecule has 0 saturated heterocycles. The predicted molar refractivity (Wildman–Crippen MR) is 78.1 cm³/mol. The smallest absolute Gasteiger partial charge is 0.241 e. The lowest BCUT2D eigenvalue weighted by Crippen LogP contribution is -2.30. The van der Waals surface area contributed by atoms with E-state index in [1.807, 2.05) is 0 Å². The van der Waals surface area contributed by atoms with E-state index < -0.39 is 19.9 Å². The van der Waals surface area contributed by atoms with Crippen LogP contribution in [0.15, 0.2) is 27.6 Å². The number of benzene rings is 1. The summed E-state index contributed by atoms with van der Waals surface area (Å²) in [5, 5.41) is 0. The summed E-state index contributed by atoms with van der Waals surface area (Å²) in [6.45, 7) is 1.36. The van der Waals surface area contributed by atoms with E-state index in [1.165, 1.54) is 25.1 Å². The third-order valence-corrected chi connectivity index (χ3v) is 6.53. The second-order valence-corrected chi connectivity index (χ2v) is 8.89. The van der Waals surface area contributed by atoms with Crippen molar-refractivity contribution >= 4 is 41.5 Å². The van der Waals surface area contributed by atoms with Crippen molar-refractivity contribution in [3.8, 4) is 0 Å². The fraction of sp³-hybridized carbons (Fsp3) is 0.400. The van der Waals surface area contributed by atoms with Gasteiger partial charge in [-0.05, 0) is 34.1 Å².